The van der Waals surface area contributed by atoms with Crippen molar-refractivity contribution >= 4 is 29.4 Å². The van der Waals surface area contributed by atoms with E-state index in [0.29, 0.717) is 36.2 Å². The molecule has 8 nitrogen and oxygen atoms in total. The van der Waals surface area contributed by atoms with Gasteiger partial charge in [0.05, 0.1) is 23.4 Å². The lowest BCUT2D eigenvalue weighted by atomic mass is 10.1. The number of carbonyl (C=O) groups is 1. The minimum atomic E-state index is -0.0265. The first-order chi connectivity index (χ1) is 16.4. The van der Waals surface area contributed by atoms with E-state index in [9.17, 15) is 4.79 Å². The summed E-state index contributed by atoms with van der Waals surface area (Å²) in [6, 6.07) is 9.29. The highest BCUT2D eigenvalue weighted by molar-refractivity contribution is 6.30. The molecular formula is C25H27ClN4O4. The molecule has 178 valence electrons. The van der Waals surface area contributed by atoms with Crippen LogP contribution in [0.25, 0.3) is 6.08 Å². The number of hydrogen-bond acceptors (Lipinski definition) is 7. The summed E-state index contributed by atoms with van der Waals surface area (Å²) in [5, 5.41) is 4.56. The summed E-state index contributed by atoms with van der Waals surface area (Å²) in [6.07, 6.45) is 5.02. The van der Waals surface area contributed by atoms with Crippen LogP contribution >= 0.6 is 11.6 Å². The van der Waals surface area contributed by atoms with Gasteiger partial charge in [0, 0.05) is 38.5 Å². The van der Waals surface area contributed by atoms with Crippen LogP contribution in [-0.2, 0) is 11.4 Å². The number of pyridine rings is 1. The Bertz CT molecular complexity index is 1150. The molecule has 1 aromatic carbocycles. The maximum absolute atomic E-state index is 12.7. The number of ether oxygens (including phenoxy) is 2. The van der Waals surface area contributed by atoms with E-state index in [1.165, 1.54) is 0 Å². The second-order valence-corrected chi connectivity index (χ2v) is 8.42. The Morgan fingerprint density at radius 1 is 1.15 bits per heavy atom. The minimum absolute atomic E-state index is 0.0265. The summed E-state index contributed by atoms with van der Waals surface area (Å²) < 4.78 is 16.6. The van der Waals surface area contributed by atoms with Crippen molar-refractivity contribution in [2.45, 2.75) is 20.5 Å². The molecule has 2 aromatic heterocycles. The number of amides is 1. The van der Waals surface area contributed by atoms with E-state index in [4.69, 9.17) is 25.6 Å². The molecule has 4 rings (SSSR count). The zero-order valence-corrected chi connectivity index (χ0v) is 20.2. The van der Waals surface area contributed by atoms with Gasteiger partial charge in [-0.15, -0.1) is 0 Å². The molecule has 1 aliphatic rings. The topological polar surface area (TPSA) is 80.9 Å². The van der Waals surface area contributed by atoms with Crippen LogP contribution in [0.15, 0.2) is 47.1 Å². The molecule has 3 heterocycles. The average molecular weight is 483 g/mol. The van der Waals surface area contributed by atoms with E-state index >= 15 is 0 Å². The summed E-state index contributed by atoms with van der Waals surface area (Å²) in [5.41, 5.74) is 2.57. The Labute approximate surface area is 203 Å². The maximum atomic E-state index is 12.7. The van der Waals surface area contributed by atoms with Gasteiger partial charge in [0.2, 0.25) is 5.91 Å². The van der Waals surface area contributed by atoms with Crippen molar-refractivity contribution in [2.24, 2.45) is 0 Å². The maximum Gasteiger partial charge on any atom is 0.246 e. The molecular weight excluding hydrogens is 456 g/mol. The summed E-state index contributed by atoms with van der Waals surface area (Å²) in [5.74, 6) is 2.78. The van der Waals surface area contributed by atoms with Crippen LogP contribution in [0.1, 0.15) is 22.6 Å². The molecule has 0 radical (unpaired) electrons. The molecule has 34 heavy (non-hydrogen) atoms. The fourth-order valence-corrected chi connectivity index (χ4v) is 3.86. The van der Waals surface area contributed by atoms with Crippen molar-refractivity contribution in [1.82, 2.24) is 15.0 Å². The molecule has 1 amide bonds. The lowest BCUT2D eigenvalue weighted by molar-refractivity contribution is -0.126. The molecule has 0 atom stereocenters. The number of aromatic nitrogens is 2. The highest BCUT2D eigenvalue weighted by atomic mass is 35.5. The normalized spacial score (nSPS) is 14.0. The highest BCUT2D eigenvalue weighted by Crippen LogP contribution is 2.30. The number of rotatable bonds is 7. The number of halogens is 1. The van der Waals surface area contributed by atoms with Gasteiger partial charge >= 0.3 is 0 Å². The van der Waals surface area contributed by atoms with E-state index in [0.717, 1.165) is 41.5 Å². The van der Waals surface area contributed by atoms with Gasteiger partial charge in [0.25, 0.3) is 0 Å². The number of aryl methyl sites for hydroxylation is 2. The third kappa shape index (κ3) is 5.51. The van der Waals surface area contributed by atoms with Crippen LogP contribution < -0.4 is 14.4 Å². The van der Waals surface area contributed by atoms with E-state index in [2.05, 4.69) is 15.0 Å². The zero-order chi connectivity index (χ0) is 24.1. The molecule has 0 saturated carbocycles. The highest BCUT2D eigenvalue weighted by Gasteiger charge is 2.20. The van der Waals surface area contributed by atoms with Gasteiger partial charge in [-0.05, 0) is 49.8 Å². The Morgan fingerprint density at radius 2 is 1.94 bits per heavy atom. The first kappa shape index (κ1) is 23.6. The van der Waals surface area contributed by atoms with Gasteiger partial charge in [-0.25, -0.2) is 4.98 Å². The lowest BCUT2D eigenvalue weighted by Gasteiger charge is -2.34. The van der Waals surface area contributed by atoms with Gasteiger partial charge in [-0.2, -0.15) is 0 Å². The number of nitrogens with zero attached hydrogens (tertiary/aromatic N) is 4. The van der Waals surface area contributed by atoms with E-state index in [1.807, 2.05) is 49.1 Å². The number of methoxy groups -OCH3 is 1. The standard InChI is InChI=1S/C25H27ClN4O4/c1-17-21(18(2)34-28-17)16-33-22-7-4-19(14-23(22)32-3)5-9-25(31)30-12-10-29(11-13-30)24-8-6-20(26)15-27-24/h4-9,14-15H,10-13,16H2,1-3H3/b9-5+. The first-order valence-electron chi connectivity index (χ1n) is 11.0. The average Bonchev–Trinajstić information content (AvgIpc) is 3.18. The summed E-state index contributed by atoms with van der Waals surface area (Å²) >= 11 is 5.91. The molecule has 0 aliphatic carbocycles. The largest absolute Gasteiger partial charge is 0.493 e. The Balaban J connectivity index is 1.34. The van der Waals surface area contributed by atoms with Crippen molar-refractivity contribution in [2.75, 3.05) is 38.2 Å². The van der Waals surface area contributed by atoms with Gasteiger partial charge in [-0.1, -0.05) is 22.8 Å². The second kappa shape index (κ2) is 10.6. The van der Waals surface area contributed by atoms with Crippen molar-refractivity contribution in [3.05, 3.63) is 70.2 Å². The fourth-order valence-electron chi connectivity index (χ4n) is 3.75. The third-order valence-corrected chi connectivity index (χ3v) is 6.01. The van der Waals surface area contributed by atoms with Crippen molar-refractivity contribution in [3.63, 3.8) is 0 Å². The number of benzene rings is 1. The summed E-state index contributed by atoms with van der Waals surface area (Å²) in [7, 11) is 1.59. The van der Waals surface area contributed by atoms with Crippen LogP contribution in [-0.4, -0.2) is 54.2 Å². The van der Waals surface area contributed by atoms with Crippen molar-refractivity contribution < 1.29 is 18.8 Å². The Morgan fingerprint density at radius 3 is 2.59 bits per heavy atom. The lowest BCUT2D eigenvalue weighted by Crippen LogP contribution is -2.48. The molecule has 0 bridgehead atoms. The predicted molar refractivity (Wildman–Crippen MR) is 130 cm³/mol. The Hall–Kier alpha value is -3.52. The molecule has 3 aromatic rings. The van der Waals surface area contributed by atoms with E-state index in [-0.39, 0.29) is 5.91 Å². The van der Waals surface area contributed by atoms with Gasteiger partial charge in [-0.3, -0.25) is 4.79 Å². The van der Waals surface area contributed by atoms with Gasteiger partial charge in [0.15, 0.2) is 11.5 Å². The fraction of sp³-hybridized carbons (Fsp3) is 0.320. The molecule has 0 spiro atoms. The number of hydrogen-bond donors (Lipinski definition) is 0. The number of piperazine rings is 1. The molecule has 1 aliphatic heterocycles. The van der Waals surface area contributed by atoms with Crippen molar-refractivity contribution in [1.29, 1.82) is 0 Å². The van der Waals surface area contributed by atoms with Crippen LogP contribution in [0.2, 0.25) is 5.02 Å². The second-order valence-electron chi connectivity index (χ2n) is 7.98. The summed E-state index contributed by atoms with van der Waals surface area (Å²) in [4.78, 5) is 21.0. The molecule has 1 saturated heterocycles. The quantitative estimate of drug-likeness (QED) is 0.464. The Kier molecular flexibility index (Phi) is 7.37. The first-order valence-corrected chi connectivity index (χ1v) is 11.4. The molecule has 1 fully saturated rings. The van der Waals surface area contributed by atoms with E-state index in [1.54, 1.807) is 25.5 Å². The van der Waals surface area contributed by atoms with Crippen LogP contribution in [0.3, 0.4) is 0 Å². The monoisotopic (exact) mass is 482 g/mol. The van der Waals surface area contributed by atoms with Gasteiger partial charge in [0.1, 0.15) is 18.2 Å². The van der Waals surface area contributed by atoms with Crippen molar-refractivity contribution in [3.8, 4) is 11.5 Å². The van der Waals surface area contributed by atoms with Crippen LogP contribution in [0.4, 0.5) is 5.82 Å². The summed E-state index contributed by atoms with van der Waals surface area (Å²) in [6.45, 7) is 6.78. The van der Waals surface area contributed by atoms with Crippen LogP contribution in [0, 0.1) is 13.8 Å². The molecule has 0 unspecified atom stereocenters. The smallest absolute Gasteiger partial charge is 0.246 e. The minimum Gasteiger partial charge on any atom is -0.493 e. The SMILES string of the molecule is COc1cc(/C=C/C(=O)N2CCN(c3ccc(Cl)cn3)CC2)ccc1OCc1c(C)noc1C. The predicted octanol–water partition coefficient (Wildman–Crippen LogP) is 4.29. The van der Waals surface area contributed by atoms with Crippen LogP contribution in [0.5, 0.6) is 11.5 Å². The number of carbonyl (C=O) groups excluding carboxylic acids is 1. The molecule has 9 heteroatoms. The third-order valence-electron chi connectivity index (χ3n) is 5.79. The van der Waals surface area contributed by atoms with Gasteiger partial charge < -0.3 is 23.8 Å². The van der Waals surface area contributed by atoms with E-state index < -0.39 is 0 Å². The molecule has 0 N–H and O–H groups in total. The number of anilines is 1. The zero-order valence-electron chi connectivity index (χ0n) is 19.5.